The monoisotopic (exact) mass is 245 g/mol. The first-order valence-electron chi connectivity index (χ1n) is 6.93. The van der Waals surface area contributed by atoms with Crippen LogP contribution < -0.4 is 5.73 Å². The minimum Gasteiger partial charge on any atom is -0.399 e. The first-order valence-corrected chi connectivity index (χ1v) is 6.93. The van der Waals surface area contributed by atoms with Crippen molar-refractivity contribution in [2.75, 3.05) is 5.73 Å². The summed E-state index contributed by atoms with van der Waals surface area (Å²) >= 11 is 0. The van der Waals surface area contributed by atoms with Crippen molar-refractivity contribution in [2.24, 2.45) is 17.8 Å². The third-order valence-electron chi connectivity index (χ3n) is 4.38. The van der Waals surface area contributed by atoms with Gasteiger partial charge >= 0.3 is 0 Å². The number of nitrogens with two attached hydrogens (primary N) is 1. The highest BCUT2D eigenvalue weighted by Crippen LogP contribution is 2.34. The fraction of sp³-hybridized carbons (Fsp3) is 0.562. The van der Waals surface area contributed by atoms with Crippen molar-refractivity contribution in [1.29, 1.82) is 0 Å². The lowest BCUT2D eigenvalue weighted by Gasteiger charge is -2.31. The minimum absolute atomic E-state index is 0.262. The van der Waals surface area contributed by atoms with Crippen LogP contribution in [0.15, 0.2) is 24.3 Å². The summed E-state index contributed by atoms with van der Waals surface area (Å²) in [5.41, 5.74) is 7.53. The molecule has 1 aromatic rings. The Hall–Kier alpha value is -1.31. The maximum Gasteiger partial charge on any atom is 0.140 e. The number of carbonyl (C=O) groups is 1. The van der Waals surface area contributed by atoms with Gasteiger partial charge in [-0.1, -0.05) is 26.0 Å². The molecule has 0 radical (unpaired) electrons. The molecule has 98 valence electrons. The van der Waals surface area contributed by atoms with E-state index in [1.165, 1.54) is 6.42 Å². The summed E-state index contributed by atoms with van der Waals surface area (Å²) in [6.45, 7) is 4.56. The number of ketones is 1. The summed E-state index contributed by atoms with van der Waals surface area (Å²) in [4.78, 5) is 12.3. The van der Waals surface area contributed by atoms with Crippen molar-refractivity contribution < 1.29 is 4.79 Å². The van der Waals surface area contributed by atoms with Crippen molar-refractivity contribution >= 4 is 11.5 Å². The first-order chi connectivity index (χ1) is 8.56. The van der Waals surface area contributed by atoms with Crippen LogP contribution in [0.1, 0.15) is 38.7 Å². The van der Waals surface area contributed by atoms with Crippen LogP contribution in [0, 0.1) is 17.8 Å². The Bertz CT molecular complexity index is 427. The molecular weight excluding hydrogens is 222 g/mol. The summed E-state index contributed by atoms with van der Waals surface area (Å²) < 4.78 is 0. The van der Waals surface area contributed by atoms with E-state index in [9.17, 15) is 4.79 Å². The molecule has 2 nitrogen and oxygen atoms in total. The van der Waals surface area contributed by atoms with Gasteiger partial charge in [-0.25, -0.2) is 0 Å². The normalized spacial score (nSPS) is 28.0. The topological polar surface area (TPSA) is 43.1 Å². The average Bonchev–Trinajstić information content (AvgIpc) is 2.32. The van der Waals surface area contributed by atoms with Gasteiger partial charge < -0.3 is 5.73 Å². The second-order valence-corrected chi connectivity index (χ2v) is 5.85. The standard InChI is InChI=1S/C16H23NO/c1-11-6-7-14(8-12(11)2)16(18)10-13-4-3-5-15(17)9-13/h3-5,9,11-12,14H,6-8,10,17H2,1-2H3. The molecule has 0 saturated heterocycles. The van der Waals surface area contributed by atoms with E-state index in [0.29, 0.717) is 18.1 Å². The van der Waals surface area contributed by atoms with Crippen LogP contribution in [-0.4, -0.2) is 5.78 Å². The van der Waals surface area contributed by atoms with Crippen LogP contribution in [-0.2, 0) is 11.2 Å². The zero-order valence-corrected chi connectivity index (χ0v) is 11.4. The van der Waals surface area contributed by atoms with Crippen LogP contribution in [0.5, 0.6) is 0 Å². The quantitative estimate of drug-likeness (QED) is 0.829. The highest BCUT2D eigenvalue weighted by Gasteiger charge is 2.28. The number of anilines is 1. The van der Waals surface area contributed by atoms with Gasteiger partial charge in [-0.05, 0) is 48.8 Å². The predicted molar refractivity (Wildman–Crippen MR) is 75.2 cm³/mol. The van der Waals surface area contributed by atoms with E-state index in [4.69, 9.17) is 5.73 Å². The van der Waals surface area contributed by atoms with Crippen molar-refractivity contribution in [3.05, 3.63) is 29.8 Å². The Morgan fingerprint density at radius 2 is 2.06 bits per heavy atom. The predicted octanol–water partition coefficient (Wildman–Crippen LogP) is 3.45. The molecule has 18 heavy (non-hydrogen) atoms. The molecule has 1 aromatic carbocycles. The summed E-state index contributed by atoms with van der Waals surface area (Å²) in [5, 5.41) is 0. The van der Waals surface area contributed by atoms with Gasteiger partial charge in [0.15, 0.2) is 0 Å². The molecule has 3 unspecified atom stereocenters. The lowest BCUT2D eigenvalue weighted by molar-refractivity contribution is -0.123. The molecule has 2 N–H and O–H groups in total. The fourth-order valence-corrected chi connectivity index (χ4v) is 2.89. The SMILES string of the molecule is CC1CCC(C(=O)Cc2cccc(N)c2)CC1C. The van der Waals surface area contributed by atoms with Crippen LogP contribution in [0.3, 0.4) is 0 Å². The number of nitrogen functional groups attached to an aromatic ring is 1. The molecule has 0 heterocycles. The van der Waals surface area contributed by atoms with Crippen LogP contribution in [0.4, 0.5) is 5.69 Å². The Labute approximate surface area is 110 Å². The van der Waals surface area contributed by atoms with Gasteiger partial charge in [-0.3, -0.25) is 4.79 Å². The smallest absolute Gasteiger partial charge is 0.140 e. The van der Waals surface area contributed by atoms with Crippen molar-refractivity contribution in [1.82, 2.24) is 0 Å². The molecule has 1 aliphatic carbocycles. The summed E-state index contributed by atoms with van der Waals surface area (Å²) in [6.07, 6.45) is 3.85. The molecule has 1 aliphatic rings. The molecule has 1 saturated carbocycles. The molecule has 2 rings (SSSR count). The van der Waals surface area contributed by atoms with E-state index in [1.807, 2.05) is 24.3 Å². The van der Waals surface area contributed by atoms with Crippen LogP contribution in [0.2, 0.25) is 0 Å². The zero-order valence-electron chi connectivity index (χ0n) is 11.4. The van der Waals surface area contributed by atoms with E-state index in [2.05, 4.69) is 13.8 Å². The van der Waals surface area contributed by atoms with Gasteiger partial charge in [0.05, 0.1) is 0 Å². The molecule has 0 aromatic heterocycles. The van der Waals surface area contributed by atoms with Gasteiger partial charge in [0.25, 0.3) is 0 Å². The summed E-state index contributed by atoms with van der Waals surface area (Å²) in [5.74, 6) is 2.09. The van der Waals surface area contributed by atoms with E-state index >= 15 is 0 Å². The van der Waals surface area contributed by atoms with E-state index in [1.54, 1.807) is 0 Å². The fourth-order valence-electron chi connectivity index (χ4n) is 2.89. The van der Waals surface area contributed by atoms with Crippen molar-refractivity contribution in [3.63, 3.8) is 0 Å². The Morgan fingerprint density at radius 1 is 1.28 bits per heavy atom. The summed E-state index contributed by atoms with van der Waals surface area (Å²) in [6, 6.07) is 7.68. The molecule has 0 aliphatic heterocycles. The van der Waals surface area contributed by atoms with E-state index in [-0.39, 0.29) is 5.92 Å². The number of hydrogen-bond donors (Lipinski definition) is 1. The second-order valence-electron chi connectivity index (χ2n) is 5.85. The number of benzene rings is 1. The molecule has 2 heteroatoms. The molecule has 1 fully saturated rings. The lowest BCUT2D eigenvalue weighted by Crippen LogP contribution is -2.27. The first kappa shape index (κ1) is 13.1. The van der Waals surface area contributed by atoms with Gasteiger partial charge in [0, 0.05) is 18.0 Å². The average molecular weight is 245 g/mol. The third-order valence-corrected chi connectivity index (χ3v) is 4.38. The van der Waals surface area contributed by atoms with Crippen LogP contribution >= 0.6 is 0 Å². The molecule has 0 bridgehead atoms. The van der Waals surface area contributed by atoms with Gasteiger partial charge in [-0.2, -0.15) is 0 Å². The maximum absolute atomic E-state index is 12.3. The molecule has 0 spiro atoms. The number of Topliss-reactive ketones (excluding diaryl/α,β-unsaturated/α-hetero) is 1. The Kier molecular flexibility index (Phi) is 4.05. The van der Waals surface area contributed by atoms with Gasteiger partial charge in [0.1, 0.15) is 5.78 Å². The second kappa shape index (κ2) is 5.55. The molecular formula is C16H23NO. The van der Waals surface area contributed by atoms with Crippen LogP contribution in [0.25, 0.3) is 0 Å². The molecule has 3 atom stereocenters. The minimum atomic E-state index is 0.262. The third kappa shape index (κ3) is 3.12. The highest BCUT2D eigenvalue weighted by atomic mass is 16.1. The zero-order chi connectivity index (χ0) is 13.1. The Morgan fingerprint density at radius 3 is 2.72 bits per heavy atom. The Balaban J connectivity index is 1.96. The number of hydrogen-bond acceptors (Lipinski definition) is 2. The van der Waals surface area contributed by atoms with Crippen molar-refractivity contribution in [3.8, 4) is 0 Å². The van der Waals surface area contributed by atoms with E-state index in [0.717, 1.165) is 30.0 Å². The van der Waals surface area contributed by atoms with Gasteiger partial charge in [0.2, 0.25) is 0 Å². The van der Waals surface area contributed by atoms with Crippen molar-refractivity contribution in [2.45, 2.75) is 39.5 Å². The number of rotatable bonds is 3. The largest absolute Gasteiger partial charge is 0.399 e. The van der Waals surface area contributed by atoms with E-state index < -0.39 is 0 Å². The molecule has 0 amide bonds. The lowest BCUT2D eigenvalue weighted by atomic mass is 9.73. The highest BCUT2D eigenvalue weighted by molar-refractivity contribution is 5.83. The van der Waals surface area contributed by atoms with Gasteiger partial charge in [-0.15, -0.1) is 0 Å². The number of carbonyl (C=O) groups excluding carboxylic acids is 1. The summed E-state index contributed by atoms with van der Waals surface area (Å²) in [7, 11) is 0. The maximum atomic E-state index is 12.3.